The van der Waals surface area contributed by atoms with Gasteiger partial charge in [-0.15, -0.1) is 0 Å². The maximum atomic E-state index is 11.5. The molecule has 1 heterocycles. The van der Waals surface area contributed by atoms with Crippen LogP contribution in [0.5, 0.6) is 5.75 Å². The van der Waals surface area contributed by atoms with Gasteiger partial charge >= 0.3 is 0 Å². The van der Waals surface area contributed by atoms with Gasteiger partial charge in [-0.2, -0.15) is 0 Å². The Kier molecular flexibility index (Phi) is 6.14. The molecule has 0 radical (unpaired) electrons. The van der Waals surface area contributed by atoms with E-state index in [0.717, 1.165) is 56.2 Å². The Morgan fingerprint density at radius 3 is 1.90 bits per heavy atom. The topological polar surface area (TPSA) is 33.4 Å². The van der Waals surface area contributed by atoms with Crippen LogP contribution in [0.3, 0.4) is 0 Å². The standard InChI is InChI=1S/C38H28O2/c39-35-23-22-30(32-19-11-20-33-31-18-9-10-21-36(31)40-38(32)33)34(25-27-14-5-2-6-15-27)37(35)29-17-8-7-16-28(29)24-26-12-3-1-4-13-26/h1-23,39H,24-25H2. The molecule has 0 amide bonds. The van der Waals surface area contributed by atoms with Gasteiger partial charge in [-0.05, 0) is 58.4 Å². The first-order valence-electron chi connectivity index (χ1n) is 13.7. The van der Waals surface area contributed by atoms with Crippen LogP contribution in [0.15, 0.2) is 144 Å². The lowest BCUT2D eigenvalue weighted by molar-refractivity contribution is 0.477. The Labute approximate surface area is 233 Å². The zero-order chi connectivity index (χ0) is 26.9. The second-order valence-electron chi connectivity index (χ2n) is 10.2. The predicted molar refractivity (Wildman–Crippen MR) is 165 cm³/mol. The third kappa shape index (κ3) is 4.34. The Bertz CT molecular complexity index is 1950. The number of phenolic OH excluding ortho intramolecular Hbond substituents is 1. The Hall–Kier alpha value is -5.08. The smallest absolute Gasteiger partial charge is 0.143 e. The third-order valence-electron chi connectivity index (χ3n) is 7.73. The lowest BCUT2D eigenvalue weighted by atomic mass is 9.84. The molecule has 0 aliphatic carbocycles. The molecular formula is C38H28O2. The summed E-state index contributed by atoms with van der Waals surface area (Å²) < 4.78 is 6.46. The molecule has 0 unspecified atom stereocenters. The number of rotatable bonds is 6. The van der Waals surface area contributed by atoms with Crippen molar-refractivity contribution in [2.24, 2.45) is 0 Å². The fourth-order valence-electron chi connectivity index (χ4n) is 5.87. The number of hydrogen-bond acceptors (Lipinski definition) is 2. The average Bonchev–Trinajstić information content (AvgIpc) is 3.38. The molecule has 0 spiro atoms. The van der Waals surface area contributed by atoms with Crippen LogP contribution >= 0.6 is 0 Å². The summed E-state index contributed by atoms with van der Waals surface area (Å²) in [5.41, 5.74) is 10.5. The molecule has 1 aromatic heterocycles. The summed E-state index contributed by atoms with van der Waals surface area (Å²) in [4.78, 5) is 0. The highest BCUT2D eigenvalue weighted by Gasteiger charge is 2.21. The molecular weight excluding hydrogens is 488 g/mol. The van der Waals surface area contributed by atoms with Crippen LogP contribution in [0.2, 0.25) is 0 Å². The molecule has 40 heavy (non-hydrogen) atoms. The van der Waals surface area contributed by atoms with E-state index in [4.69, 9.17) is 4.42 Å². The lowest BCUT2D eigenvalue weighted by Crippen LogP contribution is -2.00. The van der Waals surface area contributed by atoms with E-state index in [2.05, 4.69) is 97.1 Å². The summed E-state index contributed by atoms with van der Waals surface area (Å²) in [5.74, 6) is 0.284. The molecule has 2 heteroatoms. The zero-order valence-corrected chi connectivity index (χ0v) is 22.0. The van der Waals surface area contributed by atoms with Crippen molar-refractivity contribution in [2.45, 2.75) is 12.8 Å². The van der Waals surface area contributed by atoms with Gasteiger partial charge in [-0.25, -0.2) is 0 Å². The summed E-state index contributed by atoms with van der Waals surface area (Å²) in [6.45, 7) is 0. The van der Waals surface area contributed by atoms with Crippen molar-refractivity contribution in [3.8, 4) is 28.0 Å². The molecule has 0 saturated carbocycles. The normalized spacial score (nSPS) is 11.3. The highest BCUT2D eigenvalue weighted by Crippen LogP contribution is 2.44. The summed E-state index contributed by atoms with van der Waals surface area (Å²) in [6, 6.07) is 47.8. The molecule has 0 fully saturated rings. The Balaban J connectivity index is 1.49. The van der Waals surface area contributed by atoms with Crippen LogP contribution in [0.4, 0.5) is 0 Å². The van der Waals surface area contributed by atoms with Gasteiger partial charge in [0.25, 0.3) is 0 Å². The number of aromatic hydroxyl groups is 1. The quantitative estimate of drug-likeness (QED) is 0.239. The molecule has 6 aromatic carbocycles. The largest absolute Gasteiger partial charge is 0.507 e. The Morgan fingerprint density at radius 1 is 0.475 bits per heavy atom. The number of fused-ring (bicyclic) bond motifs is 3. The van der Waals surface area contributed by atoms with Crippen LogP contribution in [-0.4, -0.2) is 5.11 Å². The highest BCUT2D eigenvalue weighted by molar-refractivity contribution is 6.10. The van der Waals surface area contributed by atoms with Crippen LogP contribution in [0.25, 0.3) is 44.2 Å². The number of furan rings is 1. The van der Waals surface area contributed by atoms with Crippen molar-refractivity contribution < 1.29 is 9.52 Å². The molecule has 0 atom stereocenters. The van der Waals surface area contributed by atoms with Crippen LogP contribution in [0, 0.1) is 0 Å². The van der Waals surface area contributed by atoms with Crippen LogP contribution < -0.4 is 0 Å². The van der Waals surface area contributed by atoms with Crippen molar-refractivity contribution in [3.05, 3.63) is 162 Å². The van der Waals surface area contributed by atoms with E-state index >= 15 is 0 Å². The van der Waals surface area contributed by atoms with E-state index in [1.54, 1.807) is 0 Å². The first-order chi connectivity index (χ1) is 19.8. The zero-order valence-electron chi connectivity index (χ0n) is 22.0. The van der Waals surface area contributed by atoms with Gasteiger partial charge in [0, 0.05) is 21.9 Å². The van der Waals surface area contributed by atoms with Gasteiger partial charge in [-0.3, -0.25) is 0 Å². The van der Waals surface area contributed by atoms with Crippen LogP contribution in [-0.2, 0) is 12.8 Å². The minimum absolute atomic E-state index is 0.284. The molecule has 1 N–H and O–H groups in total. The van der Waals surface area contributed by atoms with Gasteiger partial charge in [0.15, 0.2) is 0 Å². The van der Waals surface area contributed by atoms with E-state index in [1.165, 1.54) is 16.7 Å². The lowest BCUT2D eigenvalue weighted by Gasteiger charge is -2.20. The van der Waals surface area contributed by atoms with Gasteiger partial charge in [0.2, 0.25) is 0 Å². The number of phenols is 1. The molecule has 7 aromatic rings. The van der Waals surface area contributed by atoms with Gasteiger partial charge in [0.05, 0.1) is 0 Å². The first kappa shape index (κ1) is 24.0. The van der Waals surface area contributed by atoms with Gasteiger partial charge < -0.3 is 9.52 Å². The molecule has 7 rings (SSSR count). The van der Waals surface area contributed by atoms with Crippen molar-refractivity contribution >= 4 is 21.9 Å². The summed E-state index contributed by atoms with van der Waals surface area (Å²) in [6.07, 6.45) is 1.46. The predicted octanol–water partition coefficient (Wildman–Crippen LogP) is 9.81. The van der Waals surface area contributed by atoms with E-state index in [-0.39, 0.29) is 5.75 Å². The summed E-state index contributed by atoms with van der Waals surface area (Å²) >= 11 is 0. The first-order valence-corrected chi connectivity index (χ1v) is 13.7. The highest BCUT2D eigenvalue weighted by atomic mass is 16.3. The van der Waals surface area contributed by atoms with Crippen molar-refractivity contribution in [1.29, 1.82) is 0 Å². The Morgan fingerprint density at radius 2 is 1.10 bits per heavy atom. The van der Waals surface area contributed by atoms with Gasteiger partial charge in [-0.1, -0.05) is 127 Å². The van der Waals surface area contributed by atoms with E-state index in [9.17, 15) is 5.11 Å². The minimum atomic E-state index is 0.284. The molecule has 2 nitrogen and oxygen atoms in total. The average molecular weight is 517 g/mol. The third-order valence-corrected chi connectivity index (χ3v) is 7.73. The van der Waals surface area contributed by atoms with E-state index in [1.807, 2.05) is 42.5 Å². The molecule has 0 aliphatic heterocycles. The summed E-state index contributed by atoms with van der Waals surface area (Å²) in [7, 11) is 0. The number of hydrogen-bond donors (Lipinski definition) is 1. The van der Waals surface area contributed by atoms with Gasteiger partial charge in [0.1, 0.15) is 16.9 Å². The molecule has 192 valence electrons. The maximum absolute atomic E-state index is 11.5. The summed E-state index contributed by atoms with van der Waals surface area (Å²) in [5, 5.41) is 13.7. The molecule has 0 bridgehead atoms. The second-order valence-corrected chi connectivity index (χ2v) is 10.2. The SMILES string of the molecule is Oc1ccc(-c2cccc3c2oc2ccccc23)c(Cc2ccccc2)c1-c1ccccc1Cc1ccccc1. The molecule has 0 saturated heterocycles. The monoisotopic (exact) mass is 516 g/mol. The fourth-order valence-corrected chi connectivity index (χ4v) is 5.87. The van der Waals surface area contributed by atoms with E-state index in [0.29, 0.717) is 6.42 Å². The van der Waals surface area contributed by atoms with Crippen molar-refractivity contribution in [3.63, 3.8) is 0 Å². The van der Waals surface area contributed by atoms with E-state index < -0.39 is 0 Å². The van der Waals surface area contributed by atoms with Crippen molar-refractivity contribution in [1.82, 2.24) is 0 Å². The number of benzene rings is 6. The minimum Gasteiger partial charge on any atom is -0.507 e. The van der Waals surface area contributed by atoms with Crippen molar-refractivity contribution in [2.75, 3.05) is 0 Å². The van der Waals surface area contributed by atoms with Crippen LogP contribution in [0.1, 0.15) is 22.3 Å². The maximum Gasteiger partial charge on any atom is 0.143 e. The second kappa shape index (κ2) is 10.2. The molecule has 0 aliphatic rings. The number of para-hydroxylation sites is 2. The fraction of sp³-hybridized carbons (Fsp3) is 0.0526.